The van der Waals surface area contributed by atoms with Crippen molar-refractivity contribution in [3.8, 4) is 0 Å². The van der Waals surface area contributed by atoms with Gasteiger partial charge in [-0.15, -0.1) is 0 Å². The fourth-order valence-corrected chi connectivity index (χ4v) is 1.47. The molecule has 0 aliphatic rings. The normalized spacial score (nSPS) is 11.9. The van der Waals surface area contributed by atoms with Gasteiger partial charge in [-0.3, -0.25) is 4.79 Å². The van der Waals surface area contributed by atoms with E-state index in [1.807, 2.05) is 0 Å². The maximum atomic E-state index is 11.0. The Bertz CT molecular complexity index is 441. The van der Waals surface area contributed by atoms with Crippen molar-refractivity contribution in [2.24, 2.45) is 0 Å². The van der Waals surface area contributed by atoms with Crippen molar-refractivity contribution in [1.82, 2.24) is 9.97 Å². The molecular formula is C11H15N3O4. The van der Waals surface area contributed by atoms with Crippen LogP contribution in [0.4, 0.5) is 5.95 Å². The average molecular weight is 253 g/mol. The molecule has 0 aliphatic carbocycles. The number of aliphatic carboxylic acids is 2. The molecule has 1 aromatic rings. The molecule has 0 aromatic carbocycles. The second-order valence-electron chi connectivity index (χ2n) is 3.94. The van der Waals surface area contributed by atoms with Gasteiger partial charge in [-0.25, -0.2) is 14.8 Å². The highest BCUT2D eigenvalue weighted by atomic mass is 16.4. The van der Waals surface area contributed by atoms with Gasteiger partial charge in [0.25, 0.3) is 0 Å². The topological polar surface area (TPSA) is 112 Å². The molecule has 98 valence electrons. The first-order valence-corrected chi connectivity index (χ1v) is 5.42. The molecular weight excluding hydrogens is 238 g/mol. The Hall–Kier alpha value is -2.18. The summed E-state index contributed by atoms with van der Waals surface area (Å²) in [4.78, 5) is 29.5. The first-order valence-electron chi connectivity index (χ1n) is 5.42. The lowest BCUT2D eigenvalue weighted by Crippen LogP contribution is -2.31. The number of carboxylic acid groups (broad SMARTS) is 2. The highest BCUT2D eigenvalue weighted by Gasteiger charge is 2.19. The van der Waals surface area contributed by atoms with Crippen molar-refractivity contribution in [2.45, 2.75) is 32.7 Å². The lowest BCUT2D eigenvalue weighted by molar-refractivity contribution is -0.139. The van der Waals surface area contributed by atoms with Gasteiger partial charge in [0.05, 0.1) is 0 Å². The molecule has 1 aromatic heterocycles. The molecule has 0 fully saturated rings. The summed E-state index contributed by atoms with van der Waals surface area (Å²) in [5.74, 6) is -1.96. The third kappa shape index (κ3) is 4.36. The van der Waals surface area contributed by atoms with E-state index in [1.165, 1.54) is 0 Å². The van der Waals surface area contributed by atoms with Gasteiger partial charge in [0.2, 0.25) is 5.95 Å². The third-order valence-electron chi connectivity index (χ3n) is 2.23. The number of hydrogen-bond acceptors (Lipinski definition) is 5. The van der Waals surface area contributed by atoms with Crippen molar-refractivity contribution < 1.29 is 19.8 Å². The zero-order chi connectivity index (χ0) is 13.7. The van der Waals surface area contributed by atoms with E-state index < -0.39 is 18.0 Å². The number of carbonyl (C=O) groups is 2. The van der Waals surface area contributed by atoms with Gasteiger partial charge >= 0.3 is 11.9 Å². The number of anilines is 1. The van der Waals surface area contributed by atoms with Gasteiger partial charge in [-0.1, -0.05) is 0 Å². The molecule has 7 heteroatoms. The summed E-state index contributed by atoms with van der Waals surface area (Å²) in [6.07, 6.45) is -0.254. The van der Waals surface area contributed by atoms with Crippen LogP contribution in [0.3, 0.4) is 0 Å². The number of nitrogens with one attached hydrogen (secondary N) is 1. The predicted octanol–water partition coefficient (Wildman–Crippen LogP) is 0.823. The lowest BCUT2D eigenvalue weighted by atomic mass is 10.1. The number of aromatic nitrogens is 2. The molecule has 0 spiro atoms. The molecule has 1 rings (SSSR count). The fourth-order valence-electron chi connectivity index (χ4n) is 1.47. The van der Waals surface area contributed by atoms with E-state index in [-0.39, 0.29) is 18.8 Å². The van der Waals surface area contributed by atoms with Crippen molar-refractivity contribution in [2.75, 3.05) is 5.32 Å². The summed E-state index contributed by atoms with van der Waals surface area (Å²) >= 11 is 0. The van der Waals surface area contributed by atoms with Gasteiger partial charge in [0, 0.05) is 17.8 Å². The fraction of sp³-hybridized carbons (Fsp3) is 0.455. The standard InChI is InChI=1S/C11H15N3O4/c1-6-5-7(2)13-11(12-6)14-8(10(17)18)3-4-9(15)16/h5,8H,3-4H2,1-2H3,(H,15,16)(H,17,18)(H,12,13,14). The number of aryl methyl sites for hydroxylation is 2. The van der Waals surface area contributed by atoms with Crippen molar-refractivity contribution in [1.29, 1.82) is 0 Å². The predicted molar refractivity (Wildman–Crippen MR) is 63.4 cm³/mol. The second kappa shape index (κ2) is 5.95. The molecule has 0 radical (unpaired) electrons. The maximum absolute atomic E-state index is 11.0. The van der Waals surface area contributed by atoms with Gasteiger partial charge in [0.1, 0.15) is 6.04 Å². The van der Waals surface area contributed by atoms with E-state index in [0.29, 0.717) is 11.4 Å². The number of nitrogens with zero attached hydrogens (tertiary/aromatic N) is 2. The molecule has 0 bridgehead atoms. The Morgan fingerprint density at radius 2 is 1.83 bits per heavy atom. The zero-order valence-electron chi connectivity index (χ0n) is 10.2. The van der Waals surface area contributed by atoms with E-state index >= 15 is 0 Å². The Morgan fingerprint density at radius 3 is 2.28 bits per heavy atom. The molecule has 1 unspecified atom stereocenters. The van der Waals surface area contributed by atoms with Crippen LogP contribution in [0.5, 0.6) is 0 Å². The quantitative estimate of drug-likeness (QED) is 0.688. The first kappa shape index (κ1) is 13.9. The molecule has 0 saturated heterocycles. The molecule has 3 N–H and O–H groups in total. The third-order valence-corrected chi connectivity index (χ3v) is 2.23. The van der Waals surface area contributed by atoms with E-state index in [0.717, 1.165) is 0 Å². The van der Waals surface area contributed by atoms with Crippen molar-refractivity contribution in [3.05, 3.63) is 17.5 Å². The van der Waals surface area contributed by atoms with E-state index in [2.05, 4.69) is 15.3 Å². The molecule has 7 nitrogen and oxygen atoms in total. The minimum atomic E-state index is -1.13. The van der Waals surface area contributed by atoms with Crippen LogP contribution < -0.4 is 5.32 Å². The molecule has 0 saturated carbocycles. The largest absolute Gasteiger partial charge is 0.481 e. The van der Waals surface area contributed by atoms with E-state index in [4.69, 9.17) is 10.2 Å². The first-order chi connectivity index (χ1) is 8.38. The summed E-state index contributed by atoms with van der Waals surface area (Å²) in [5.41, 5.74) is 1.43. The highest BCUT2D eigenvalue weighted by Crippen LogP contribution is 2.08. The van der Waals surface area contributed by atoms with E-state index in [1.54, 1.807) is 19.9 Å². The maximum Gasteiger partial charge on any atom is 0.326 e. The highest BCUT2D eigenvalue weighted by molar-refractivity contribution is 5.77. The summed E-state index contributed by atoms with van der Waals surface area (Å²) in [6, 6.07) is 0.750. The van der Waals surface area contributed by atoms with Crippen molar-refractivity contribution >= 4 is 17.9 Å². The van der Waals surface area contributed by atoms with Gasteiger partial charge < -0.3 is 15.5 Å². The molecule has 0 amide bonds. The van der Waals surface area contributed by atoms with E-state index in [9.17, 15) is 9.59 Å². The zero-order valence-corrected chi connectivity index (χ0v) is 10.2. The van der Waals surface area contributed by atoms with Gasteiger partial charge in [-0.2, -0.15) is 0 Å². The summed E-state index contributed by atoms with van der Waals surface area (Å²) in [5, 5.41) is 20.2. The molecule has 1 atom stereocenters. The molecule has 18 heavy (non-hydrogen) atoms. The van der Waals surface area contributed by atoms with Crippen LogP contribution in [0, 0.1) is 13.8 Å². The Labute approximate surface area is 104 Å². The Kier molecular flexibility index (Phi) is 4.59. The molecule has 1 heterocycles. The number of rotatable bonds is 6. The second-order valence-corrected chi connectivity index (χ2v) is 3.94. The van der Waals surface area contributed by atoms with Crippen LogP contribution in [-0.2, 0) is 9.59 Å². The smallest absolute Gasteiger partial charge is 0.326 e. The Morgan fingerprint density at radius 1 is 1.28 bits per heavy atom. The summed E-state index contributed by atoms with van der Waals surface area (Å²) < 4.78 is 0. The number of carboxylic acids is 2. The van der Waals surface area contributed by atoms with Crippen LogP contribution in [0.2, 0.25) is 0 Å². The monoisotopic (exact) mass is 253 g/mol. The Balaban J connectivity index is 2.76. The SMILES string of the molecule is Cc1cc(C)nc(NC(CCC(=O)O)C(=O)O)n1. The summed E-state index contributed by atoms with van der Waals surface area (Å²) in [6.45, 7) is 3.54. The minimum absolute atomic E-state index is 0.0268. The number of hydrogen-bond donors (Lipinski definition) is 3. The van der Waals surface area contributed by atoms with Crippen LogP contribution >= 0.6 is 0 Å². The summed E-state index contributed by atoms with van der Waals surface area (Å²) in [7, 11) is 0. The van der Waals surface area contributed by atoms with Gasteiger partial charge in [0.15, 0.2) is 0 Å². The molecule has 0 aliphatic heterocycles. The lowest BCUT2D eigenvalue weighted by Gasteiger charge is -2.13. The van der Waals surface area contributed by atoms with Crippen LogP contribution in [0.25, 0.3) is 0 Å². The van der Waals surface area contributed by atoms with Gasteiger partial charge in [-0.05, 0) is 26.3 Å². The minimum Gasteiger partial charge on any atom is -0.481 e. The average Bonchev–Trinajstić information content (AvgIpc) is 2.22. The van der Waals surface area contributed by atoms with Crippen LogP contribution in [0.1, 0.15) is 24.2 Å². The van der Waals surface area contributed by atoms with Crippen LogP contribution in [0.15, 0.2) is 6.07 Å². The van der Waals surface area contributed by atoms with Crippen LogP contribution in [-0.4, -0.2) is 38.2 Å². The van der Waals surface area contributed by atoms with Crippen molar-refractivity contribution in [3.63, 3.8) is 0 Å².